The third-order valence-electron chi connectivity index (χ3n) is 6.06. The second kappa shape index (κ2) is 10.7. The van der Waals surface area contributed by atoms with Gasteiger partial charge in [0.1, 0.15) is 5.75 Å². The SMILES string of the molecule is Cc1ccc(Oc2c(CN(C[C@H](O)c3ccccc3)C(C)C)c(C)nn2-c2ccccc2)cc1. The van der Waals surface area contributed by atoms with Crippen LogP contribution in [0.1, 0.15) is 42.3 Å². The molecule has 0 radical (unpaired) electrons. The Labute approximate surface area is 202 Å². The van der Waals surface area contributed by atoms with E-state index in [9.17, 15) is 5.11 Å². The number of hydrogen-bond acceptors (Lipinski definition) is 4. The molecule has 0 aliphatic rings. The number of benzene rings is 3. The van der Waals surface area contributed by atoms with E-state index in [-0.39, 0.29) is 6.04 Å². The van der Waals surface area contributed by atoms with Crippen LogP contribution in [-0.4, -0.2) is 32.4 Å². The van der Waals surface area contributed by atoms with Crippen LogP contribution in [0.25, 0.3) is 5.69 Å². The lowest BCUT2D eigenvalue weighted by molar-refractivity contribution is 0.0902. The lowest BCUT2D eigenvalue weighted by atomic mass is 10.1. The first-order chi connectivity index (χ1) is 16.4. The lowest BCUT2D eigenvalue weighted by Crippen LogP contribution is -2.34. The minimum atomic E-state index is -0.574. The molecular formula is C29H33N3O2. The first-order valence-corrected chi connectivity index (χ1v) is 11.8. The van der Waals surface area contributed by atoms with Crippen molar-refractivity contribution in [3.05, 3.63) is 107 Å². The summed E-state index contributed by atoms with van der Waals surface area (Å²) in [6.07, 6.45) is -0.574. The Morgan fingerprint density at radius 2 is 1.50 bits per heavy atom. The molecule has 5 heteroatoms. The summed E-state index contributed by atoms with van der Waals surface area (Å²) < 4.78 is 8.32. The highest BCUT2D eigenvalue weighted by Crippen LogP contribution is 2.32. The van der Waals surface area contributed by atoms with Crippen LogP contribution < -0.4 is 4.74 Å². The first-order valence-electron chi connectivity index (χ1n) is 11.8. The van der Waals surface area contributed by atoms with Gasteiger partial charge >= 0.3 is 0 Å². The molecular weight excluding hydrogens is 422 g/mol. The number of para-hydroxylation sites is 1. The largest absolute Gasteiger partial charge is 0.439 e. The summed E-state index contributed by atoms with van der Waals surface area (Å²) in [7, 11) is 0. The van der Waals surface area contributed by atoms with Crippen molar-refractivity contribution in [1.29, 1.82) is 0 Å². The fourth-order valence-electron chi connectivity index (χ4n) is 3.95. The van der Waals surface area contributed by atoms with Gasteiger partial charge in [0.15, 0.2) is 0 Å². The van der Waals surface area contributed by atoms with Crippen molar-refractivity contribution in [2.75, 3.05) is 6.54 Å². The maximum absolute atomic E-state index is 10.9. The highest BCUT2D eigenvalue weighted by Gasteiger charge is 2.24. The van der Waals surface area contributed by atoms with Crippen LogP contribution in [0.4, 0.5) is 0 Å². The van der Waals surface area contributed by atoms with Crippen molar-refractivity contribution in [2.45, 2.75) is 46.4 Å². The molecule has 0 saturated heterocycles. The molecule has 0 bridgehead atoms. The Morgan fingerprint density at radius 3 is 2.12 bits per heavy atom. The highest BCUT2D eigenvalue weighted by molar-refractivity contribution is 5.43. The molecule has 34 heavy (non-hydrogen) atoms. The standard InChI is InChI=1S/C29H33N3O2/c1-21(2)31(20-28(33)24-11-7-5-8-12-24)19-27-23(4)30-32(25-13-9-6-10-14-25)29(27)34-26-17-15-22(3)16-18-26/h5-18,21,28,33H,19-20H2,1-4H3/t28-/m0/s1. The summed E-state index contributed by atoms with van der Waals surface area (Å²) >= 11 is 0. The van der Waals surface area contributed by atoms with Crippen molar-refractivity contribution in [2.24, 2.45) is 0 Å². The van der Waals surface area contributed by atoms with Gasteiger partial charge in [-0.05, 0) is 57.5 Å². The van der Waals surface area contributed by atoms with Gasteiger partial charge in [-0.1, -0.05) is 66.2 Å². The smallest absolute Gasteiger partial charge is 0.227 e. The average Bonchev–Trinajstić information content (AvgIpc) is 3.15. The second-order valence-electron chi connectivity index (χ2n) is 8.98. The molecule has 5 nitrogen and oxygen atoms in total. The van der Waals surface area contributed by atoms with E-state index in [1.54, 1.807) is 0 Å². The van der Waals surface area contributed by atoms with Crippen molar-refractivity contribution in [3.63, 3.8) is 0 Å². The molecule has 4 rings (SSSR count). The topological polar surface area (TPSA) is 50.5 Å². The van der Waals surface area contributed by atoms with Gasteiger partial charge < -0.3 is 9.84 Å². The van der Waals surface area contributed by atoms with Crippen LogP contribution in [-0.2, 0) is 6.54 Å². The lowest BCUT2D eigenvalue weighted by Gasteiger charge is -2.29. The summed E-state index contributed by atoms with van der Waals surface area (Å²) in [5.74, 6) is 1.47. The number of aliphatic hydroxyl groups excluding tert-OH is 1. The van der Waals surface area contributed by atoms with Crippen molar-refractivity contribution >= 4 is 0 Å². The van der Waals surface area contributed by atoms with Crippen LogP contribution in [0.15, 0.2) is 84.9 Å². The van der Waals surface area contributed by atoms with Crippen LogP contribution in [0.3, 0.4) is 0 Å². The van der Waals surface area contributed by atoms with Crippen LogP contribution in [0.2, 0.25) is 0 Å². The summed E-state index contributed by atoms with van der Waals surface area (Å²) in [6, 6.07) is 28.1. The number of nitrogens with zero attached hydrogens (tertiary/aromatic N) is 3. The van der Waals surface area contributed by atoms with Gasteiger partial charge in [-0.2, -0.15) is 5.10 Å². The molecule has 0 saturated carbocycles. The number of aromatic nitrogens is 2. The van der Waals surface area contributed by atoms with E-state index >= 15 is 0 Å². The minimum absolute atomic E-state index is 0.227. The van der Waals surface area contributed by atoms with E-state index in [4.69, 9.17) is 9.84 Å². The van der Waals surface area contributed by atoms with E-state index in [0.717, 1.165) is 28.3 Å². The number of aliphatic hydroxyl groups is 1. The fraction of sp³-hybridized carbons (Fsp3) is 0.276. The number of aryl methyl sites for hydroxylation is 2. The Balaban J connectivity index is 1.69. The molecule has 0 aliphatic carbocycles. The predicted octanol–water partition coefficient (Wildman–Crippen LogP) is 6.23. The summed E-state index contributed by atoms with van der Waals surface area (Å²) in [5.41, 5.74) is 4.96. The van der Waals surface area contributed by atoms with E-state index < -0.39 is 6.10 Å². The molecule has 0 aliphatic heterocycles. The molecule has 1 aromatic heterocycles. The number of rotatable bonds is 9. The van der Waals surface area contributed by atoms with Crippen LogP contribution in [0, 0.1) is 13.8 Å². The van der Waals surface area contributed by atoms with Gasteiger partial charge in [-0.15, -0.1) is 0 Å². The summed E-state index contributed by atoms with van der Waals surface area (Å²) in [4.78, 5) is 2.26. The highest BCUT2D eigenvalue weighted by atomic mass is 16.5. The second-order valence-corrected chi connectivity index (χ2v) is 8.98. The molecule has 0 spiro atoms. The number of ether oxygens (including phenoxy) is 1. The van der Waals surface area contributed by atoms with Crippen molar-refractivity contribution < 1.29 is 9.84 Å². The van der Waals surface area contributed by atoms with E-state index in [0.29, 0.717) is 19.0 Å². The van der Waals surface area contributed by atoms with E-state index in [2.05, 4.69) is 25.7 Å². The Morgan fingerprint density at radius 1 is 0.882 bits per heavy atom. The maximum Gasteiger partial charge on any atom is 0.227 e. The monoisotopic (exact) mass is 455 g/mol. The third kappa shape index (κ3) is 5.56. The zero-order valence-corrected chi connectivity index (χ0v) is 20.3. The molecule has 1 atom stereocenters. The van der Waals surface area contributed by atoms with Gasteiger partial charge in [0.25, 0.3) is 0 Å². The average molecular weight is 456 g/mol. The Kier molecular flexibility index (Phi) is 7.46. The molecule has 0 fully saturated rings. The third-order valence-corrected chi connectivity index (χ3v) is 6.06. The molecule has 4 aromatic rings. The Hall–Kier alpha value is -3.41. The zero-order valence-electron chi connectivity index (χ0n) is 20.3. The van der Waals surface area contributed by atoms with Gasteiger partial charge in [-0.3, -0.25) is 4.90 Å². The minimum Gasteiger partial charge on any atom is -0.439 e. The van der Waals surface area contributed by atoms with Gasteiger partial charge in [0, 0.05) is 19.1 Å². The number of hydrogen-bond donors (Lipinski definition) is 1. The van der Waals surface area contributed by atoms with E-state index in [1.807, 2.05) is 96.5 Å². The Bertz CT molecular complexity index is 1190. The van der Waals surface area contributed by atoms with Crippen LogP contribution >= 0.6 is 0 Å². The summed E-state index contributed by atoms with van der Waals surface area (Å²) in [5, 5.41) is 15.8. The fourth-order valence-corrected chi connectivity index (χ4v) is 3.95. The quantitative estimate of drug-likeness (QED) is 0.325. The molecule has 176 valence electrons. The molecule has 3 aromatic carbocycles. The van der Waals surface area contributed by atoms with Gasteiger partial charge in [-0.25, -0.2) is 4.68 Å². The first kappa shape index (κ1) is 23.7. The van der Waals surface area contributed by atoms with Crippen molar-refractivity contribution in [3.8, 4) is 17.3 Å². The van der Waals surface area contributed by atoms with Crippen LogP contribution in [0.5, 0.6) is 11.6 Å². The molecule has 1 N–H and O–H groups in total. The van der Waals surface area contributed by atoms with Crippen molar-refractivity contribution in [1.82, 2.24) is 14.7 Å². The zero-order chi connectivity index (χ0) is 24.1. The van der Waals surface area contributed by atoms with Gasteiger partial charge in [0.05, 0.1) is 23.0 Å². The molecule has 0 amide bonds. The normalized spacial score (nSPS) is 12.3. The van der Waals surface area contributed by atoms with Gasteiger partial charge in [0.2, 0.25) is 5.88 Å². The predicted molar refractivity (Wildman–Crippen MR) is 137 cm³/mol. The maximum atomic E-state index is 10.9. The van der Waals surface area contributed by atoms with E-state index in [1.165, 1.54) is 5.56 Å². The molecule has 0 unspecified atom stereocenters. The summed E-state index contributed by atoms with van der Waals surface area (Å²) in [6.45, 7) is 9.50. The molecule has 1 heterocycles.